The number of amides is 3. The Kier molecular flexibility index (Phi) is 4.69. The van der Waals surface area contributed by atoms with Crippen molar-refractivity contribution in [2.24, 2.45) is 11.3 Å². The fraction of sp³-hybridized carbons (Fsp3) is 0.786. The monoisotopic (exact) mass is 297 g/mol. The van der Waals surface area contributed by atoms with Crippen LogP contribution in [0.3, 0.4) is 0 Å². The lowest BCUT2D eigenvalue weighted by atomic mass is 9.81. The molecular weight excluding hydrogens is 274 g/mol. The number of hydrogen-bond donors (Lipinski definition) is 3. The summed E-state index contributed by atoms with van der Waals surface area (Å²) in [5.41, 5.74) is -0.729. The predicted molar refractivity (Wildman–Crippen MR) is 75.7 cm³/mol. The first-order valence-corrected chi connectivity index (χ1v) is 7.46. The molecule has 21 heavy (non-hydrogen) atoms. The topological polar surface area (TPSA) is 98.7 Å². The summed E-state index contributed by atoms with van der Waals surface area (Å²) in [6.07, 6.45) is 3.15. The molecule has 0 aromatic carbocycles. The van der Waals surface area contributed by atoms with Crippen LogP contribution < -0.4 is 10.6 Å². The number of rotatable bonds is 5. The van der Waals surface area contributed by atoms with Gasteiger partial charge in [0.2, 0.25) is 5.91 Å². The van der Waals surface area contributed by atoms with E-state index >= 15 is 0 Å². The van der Waals surface area contributed by atoms with Crippen molar-refractivity contribution in [1.29, 1.82) is 0 Å². The first-order valence-electron chi connectivity index (χ1n) is 7.46. The van der Waals surface area contributed by atoms with Gasteiger partial charge in [-0.15, -0.1) is 0 Å². The first-order chi connectivity index (χ1) is 9.95. The number of urea groups is 1. The maximum Gasteiger partial charge on any atom is 0.317 e. The molecule has 2 rings (SSSR count). The molecule has 1 saturated heterocycles. The summed E-state index contributed by atoms with van der Waals surface area (Å²) in [4.78, 5) is 35.9. The molecule has 1 saturated carbocycles. The Labute approximate surface area is 124 Å². The highest BCUT2D eigenvalue weighted by molar-refractivity contribution is 5.80. The van der Waals surface area contributed by atoms with Crippen molar-refractivity contribution < 1.29 is 19.5 Å². The molecule has 1 aliphatic carbocycles. The molecule has 2 fully saturated rings. The number of likely N-dealkylation sites (tertiary alicyclic amines) is 1. The molecule has 0 aromatic heterocycles. The van der Waals surface area contributed by atoms with Gasteiger partial charge in [-0.25, -0.2) is 4.79 Å². The molecule has 0 bridgehead atoms. The van der Waals surface area contributed by atoms with Crippen LogP contribution in [-0.2, 0) is 9.59 Å². The Balaban J connectivity index is 1.77. The number of fused-ring (bicyclic) bond motifs is 1. The number of carbonyl (C=O) groups excluding carboxylic acids is 2. The molecule has 0 unspecified atom stereocenters. The SMILES string of the molecule is CC(=O)NCCCNC(=O)N1C[C@@H]2CCC[C@@]2(C(=O)O)C1. The van der Waals surface area contributed by atoms with Gasteiger partial charge in [0.1, 0.15) is 0 Å². The molecule has 0 spiro atoms. The average molecular weight is 297 g/mol. The summed E-state index contributed by atoms with van der Waals surface area (Å²) in [6.45, 7) is 3.29. The van der Waals surface area contributed by atoms with E-state index in [-0.39, 0.29) is 17.9 Å². The Bertz CT molecular complexity index is 440. The van der Waals surface area contributed by atoms with Crippen molar-refractivity contribution in [3.05, 3.63) is 0 Å². The van der Waals surface area contributed by atoms with E-state index in [0.717, 1.165) is 12.8 Å². The van der Waals surface area contributed by atoms with Gasteiger partial charge in [-0.1, -0.05) is 6.42 Å². The van der Waals surface area contributed by atoms with Gasteiger partial charge in [-0.2, -0.15) is 0 Å². The molecule has 2 atom stereocenters. The van der Waals surface area contributed by atoms with E-state index in [1.807, 2.05) is 0 Å². The Morgan fingerprint density at radius 3 is 2.62 bits per heavy atom. The van der Waals surface area contributed by atoms with Crippen LogP contribution in [0.4, 0.5) is 4.79 Å². The predicted octanol–water partition coefficient (Wildman–Crippen LogP) is 0.409. The lowest BCUT2D eigenvalue weighted by molar-refractivity contribution is -0.149. The summed E-state index contributed by atoms with van der Waals surface area (Å²) < 4.78 is 0. The molecule has 1 heterocycles. The second kappa shape index (κ2) is 6.32. The fourth-order valence-corrected chi connectivity index (χ4v) is 3.45. The summed E-state index contributed by atoms with van der Waals surface area (Å²) >= 11 is 0. The normalized spacial score (nSPS) is 27.3. The molecule has 1 aliphatic heterocycles. The minimum absolute atomic E-state index is 0.0835. The van der Waals surface area contributed by atoms with Gasteiger partial charge in [0.05, 0.1) is 5.41 Å². The third-order valence-electron chi connectivity index (χ3n) is 4.59. The third-order valence-corrected chi connectivity index (χ3v) is 4.59. The van der Waals surface area contributed by atoms with Crippen molar-refractivity contribution >= 4 is 17.9 Å². The van der Waals surface area contributed by atoms with Gasteiger partial charge in [-0.3, -0.25) is 9.59 Å². The van der Waals surface area contributed by atoms with E-state index in [0.29, 0.717) is 39.0 Å². The van der Waals surface area contributed by atoms with Crippen LogP contribution >= 0.6 is 0 Å². The van der Waals surface area contributed by atoms with Gasteiger partial charge >= 0.3 is 12.0 Å². The Hall–Kier alpha value is -1.79. The summed E-state index contributed by atoms with van der Waals surface area (Å²) in [7, 11) is 0. The van der Waals surface area contributed by atoms with Crippen molar-refractivity contribution in [3.63, 3.8) is 0 Å². The van der Waals surface area contributed by atoms with Gasteiger partial charge in [-0.05, 0) is 25.2 Å². The van der Waals surface area contributed by atoms with Gasteiger partial charge in [0, 0.05) is 33.1 Å². The summed E-state index contributed by atoms with van der Waals surface area (Å²) in [5, 5.41) is 14.9. The molecule has 3 amide bonds. The summed E-state index contributed by atoms with van der Waals surface area (Å²) in [5.74, 6) is -0.775. The number of hydrogen-bond acceptors (Lipinski definition) is 3. The third kappa shape index (κ3) is 3.28. The Morgan fingerprint density at radius 1 is 1.29 bits per heavy atom. The van der Waals surface area contributed by atoms with E-state index in [9.17, 15) is 19.5 Å². The highest BCUT2D eigenvalue weighted by Crippen LogP contribution is 2.48. The largest absolute Gasteiger partial charge is 0.481 e. The van der Waals surface area contributed by atoms with E-state index in [4.69, 9.17) is 0 Å². The number of carboxylic acid groups (broad SMARTS) is 1. The number of carbonyl (C=O) groups is 3. The van der Waals surface area contributed by atoms with E-state index < -0.39 is 11.4 Å². The minimum Gasteiger partial charge on any atom is -0.481 e. The zero-order chi connectivity index (χ0) is 15.5. The van der Waals surface area contributed by atoms with Crippen molar-refractivity contribution in [2.45, 2.75) is 32.6 Å². The van der Waals surface area contributed by atoms with E-state index in [1.165, 1.54) is 6.92 Å². The van der Waals surface area contributed by atoms with E-state index in [2.05, 4.69) is 10.6 Å². The van der Waals surface area contributed by atoms with Crippen LogP contribution in [-0.4, -0.2) is 54.1 Å². The van der Waals surface area contributed by atoms with Crippen LogP contribution in [0.1, 0.15) is 32.6 Å². The smallest absolute Gasteiger partial charge is 0.317 e. The average Bonchev–Trinajstić information content (AvgIpc) is 2.95. The zero-order valence-electron chi connectivity index (χ0n) is 12.4. The summed E-state index contributed by atoms with van der Waals surface area (Å²) in [6, 6.07) is -0.201. The molecule has 7 nitrogen and oxygen atoms in total. The van der Waals surface area contributed by atoms with Crippen molar-refractivity contribution in [3.8, 4) is 0 Å². The first kappa shape index (κ1) is 15.6. The van der Waals surface area contributed by atoms with Crippen LogP contribution in [0.25, 0.3) is 0 Å². The highest BCUT2D eigenvalue weighted by Gasteiger charge is 2.55. The van der Waals surface area contributed by atoms with Gasteiger partial charge in [0.15, 0.2) is 0 Å². The molecule has 7 heteroatoms. The van der Waals surface area contributed by atoms with Crippen molar-refractivity contribution in [2.75, 3.05) is 26.2 Å². The van der Waals surface area contributed by atoms with Crippen LogP contribution in [0.15, 0.2) is 0 Å². The van der Waals surface area contributed by atoms with Crippen LogP contribution in [0, 0.1) is 11.3 Å². The minimum atomic E-state index is -0.772. The standard InChI is InChI=1S/C14H23N3O4/c1-10(18)15-6-3-7-16-13(21)17-8-11-4-2-5-14(11,9-17)12(19)20/h11H,2-9H2,1H3,(H,15,18)(H,16,21)(H,19,20)/t11-,14+/m0/s1. The number of nitrogens with zero attached hydrogens (tertiary/aromatic N) is 1. The molecule has 2 aliphatic rings. The zero-order valence-corrected chi connectivity index (χ0v) is 12.4. The Morgan fingerprint density at radius 2 is 2.00 bits per heavy atom. The molecule has 0 aromatic rings. The second-order valence-corrected chi connectivity index (χ2v) is 6.00. The number of carboxylic acids is 1. The lowest BCUT2D eigenvalue weighted by Gasteiger charge is -2.23. The fourth-order valence-electron chi connectivity index (χ4n) is 3.45. The molecule has 0 radical (unpaired) electrons. The number of nitrogens with one attached hydrogen (secondary N) is 2. The number of aliphatic carboxylic acids is 1. The second-order valence-electron chi connectivity index (χ2n) is 6.00. The van der Waals surface area contributed by atoms with Crippen LogP contribution in [0.5, 0.6) is 0 Å². The maximum absolute atomic E-state index is 12.1. The molecule has 3 N–H and O–H groups in total. The van der Waals surface area contributed by atoms with Crippen molar-refractivity contribution in [1.82, 2.24) is 15.5 Å². The lowest BCUT2D eigenvalue weighted by Crippen LogP contribution is -2.42. The molecule has 118 valence electrons. The van der Waals surface area contributed by atoms with Gasteiger partial charge in [0.25, 0.3) is 0 Å². The quantitative estimate of drug-likeness (QED) is 0.640. The van der Waals surface area contributed by atoms with Crippen LogP contribution in [0.2, 0.25) is 0 Å². The maximum atomic E-state index is 12.1. The highest BCUT2D eigenvalue weighted by atomic mass is 16.4. The molecular formula is C14H23N3O4. The van der Waals surface area contributed by atoms with Gasteiger partial charge < -0.3 is 20.6 Å². The van der Waals surface area contributed by atoms with E-state index in [1.54, 1.807) is 4.90 Å².